The van der Waals surface area contributed by atoms with Crippen molar-refractivity contribution in [3.63, 3.8) is 0 Å². The number of anilines is 1. The molecule has 0 spiro atoms. The maximum atomic E-state index is 13.3. The fourth-order valence-corrected chi connectivity index (χ4v) is 4.76. The van der Waals surface area contributed by atoms with Crippen molar-refractivity contribution in [3.05, 3.63) is 59.2 Å². The highest BCUT2D eigenvalue weighted by Crippen LogP contribution is 2.22. The van der Waals surface area contributed by atoms with Gasteiger partial charge in [0.15, 0.2) is 0 Å². The van der Waals surface area contributed by atoms with Gasteiger partial charge in [-0.15, -0.1) is 0 Å². The molecular formula is C27H39N3O5S. The number of nitrogens with zero attached hydrogens (tertiary/aromatic N) is 2. The van der Waals surface area contributed by atoms with Crippen LogP contribution in [0.5, 0.6) is 5.75 Å². The molecule has 0 aliphatic heterocycles. The summed E-state index contributed by atoms with van der Waals surface area (Å²) in [4.78, 5) is 27.6. The van der Waals surface area contributed by atoms with Crippen molar-refractivity contribution in [2.75, 3.05) is 24.2 Å². The third-order valence-electron chi connectivity index (χ3n) is 6.04. The van der Waals surface area contributed by atoms with Crippen LogP contribution in [0.1, 0.15) is 50.3 Å². The minimum absolute atomic E-state index is 0.0563. The molecule has 9 heteroatoms. The molecule has 0 bridgehead atoms. The van der Waals surface area contributed by atoms with Crippen LogP contribution in [0.4, 0.5) is 5.69 Å². The molecule has 2 rings (SSSR count). The Morgan fingerprint density at radius 3 is 2.17 bits per heavy atom. The second-order valence-electron chi connectivity index (χ2n) is 9.42. The zero-order valence-corrected chi connectivity index (χ0v) is 23.2. The van der Waals surface area contributed by atoms with Gasteiger partial charge in [-0.05, 0) is 82.0 Å². The molecule has 0 aliphatic rings. The molecule has 0 aromatic heterocycles. The summed E-state index contributed by atoms with van der Waals surface area (Å²) in [5.41, 5.74) is 3.51. The number of amides is 2. The molecule has 8 nitrogen and oxygen atoms in total. The standard InChI is InChI=1S/C27H39N3O5S/c1-19(2)28-27(32)22(5)29(18-23-11-14-25(35-6)15-12-23)26(31)9-8-16-30(36(7,33)34)24-13-10-20(3)21(4)17-24/h10-15,17,19,22H,8-9,16,18H2,1-7H3,(H,28,32)/t22-/m1/s1. The van der Waals surface area contributed by atoms with E-state index in [1.54, 1.807) is 25.0 Å². The minimum Gasteiger partial charge on any atom is -0.497 e. The zero-order chi connectivity index (χ0) is 27.0. The largest absolute Gasteiger partial charge is 0.497 e. The lowest BCUT2D eigenvalue weighted by Gasteiger charge is -2.30. The van der Waals surface area contributed by atoms with E-state index in [0.29, 0.717) is 17.9 Å². The highest BCUT2D eigenvalue weighted by atomic mass is 32.2. The van der Waals surface area contributed by atoms with Crippen LogP contribution in [0.15, 0.2) is 42.5 Å². The molecule has 0 heterocycles. The Morgan fingerprint density at radius 2 is 1.64 bits per heavy atom. The Labute approximate surface area is 215 Å². The number of benzene rings is 2. The summed E-state index contributed by atoms with van der Waals surface area (Å²) in [6.45, 7) is 9.76. The summed E-state index contributed by atoms with van der Waals surface area (Å²) in [5, 5.41) is 2.87. The average Bonchev–Trinajstić information content (AvgIpc) is 2.80. The van der Waals surface area contributed by atoms with Crippen molar-refractivity contribution >= 4 is 27.5 Å². The summed E-state index contributed by atoms with van der Waals surface area (Å²) < 4.78 is 31.5. The van der Waals surface area contributed by atoms with E-state index in [2.05, 4.69) is 5.32 Å². The Bertz CT molecular complexity index is 1150. The fourth-order valence-electron chi connectivity index (χ4n) is 3.80. The van der Waals surface area contributed by atoms with E-state index in [9.17, 15) is 18.0 Å². The predicted molar refractivity (Wildman–Crippen MR) is 144 cm³/mol. The van der Waals surface area contributed by atoms with Gasteiger partial charge in [-0.25, -0.2) is 8.42 Å². The van der Waals surface area contributed by atoms with E-state index >= 15 is 0 Å². The fraction of sp³-hybridized carbons (Fsp3) is 0.481. The highest BCUT2D eigenvalue weighted by molar-refractivity contribution is 7.92. The van der Waals surface area contributed by atoms with Crippen LogP contribution in [0.2, 0.25) is 0 Å². The van der Waals surface area contributed by atoms with E-state index < -0.39 is 16.1 Å². The molecule has 2 aromatic rings. The Kier molecular flexibility index (Phi) is 10.3. The predicted octanol–water partition coefficient (Wildman–Crippen LogP) is 3.80. The highest BCUT2D eigenvalue weighted by Gasteiger charge is 2.27. The number of carbonyl (C=O) groups excluding carboxylic acids is 2. The molecular weight excluding hydrogens is 478 g/mol. The van der Waals surface area contributed by atoms with E-state index in [1.807, 2.05) is 64.1 Å². The van der Waals surface area contributed by atoms with Gasteiger partial charge in [0, 0.05) is 25.6 Å². The van der Waals surface area contributed by atoms with Gasteiger partial charge in [0.1, 0.15) is 11.8 Å². The van der Waals surface area contributed by atoms with Crippen molar-refractivity contribution in [2.24, 2.45) is 0 Å². The van der Waals surface area contributed by atoms with Crippen LogP contribution in [-0.4, -0.2) is 57.1 Å². The minimum atomic E-state index is -3.53. The zero-order valence-electron chi connectivity index (χ0n) is 22.4. The number of nitrogens with one attached hydrogen (secondary N) is 1. The Hall–Kier alpha value is -3.07. The first-order chi connectivity index (χ1) is 16.8. The molecule has 0 unspecified atom stereocenters. The third kappa shape index (κ3) is 8.26. The summed E-state index contributed by atoms with van der Waals surface area (Å²) in [6, 6.07) is 12.1. The van der Waals surface area contributed by atoms with Crippen LogP contribution in [-0.2, 0) is 26.2 Å². The van der Waals surface area contributed by atoms with Gasteiger partial charge >= 0.3 is 0 Å². The number of methoxy groups -OCH3 is 1. The van der Waals surface area contributed by atoms with Crippen molar-refractivity contribution < 1.29 is 22.7 Å². The topological polar surface area (TPSA) is 96.0 Å². The quantitative estimate of drug-likeness (QED) is 0.462. The summed E-state index contributed by atoms with van der Waals surface area (Å²) in [6.07, 6.45) is 1.58. The molecule has 0 saturated carbocycles. The van der Waals surface area contributed by atoms with Crippen LogP contribution < -0.4 is 14.4 Å². The number of ether oxygens (including phenoxy) is 1. The lowest BCUT2D eigenvalue weighted by Crippen LogP contribution is -2.49. The molecule has 0 saturated heterocycles. The van der Waals surface area contributed by atoms with Gasteiger partial charge in [-0.2, -0.15) is 0 Å². The van der Waals surface area contributed by atoms with Gasteiger partial charge in [-0.3, -0.25) is 13.9 Å². The van der Waals surface area contributed by atoms with Crippen LogP contribution in [0.25, 0.3) is 0 Å². The van der Waals surface area contributed by atoms with Gasteiger partial charge < -0.3 is 15.0 Å². The smallest absolute Gasteiger partial charge is 0.242 e. The molecule has 2 aromatic carbocycles. The van der Waals surface area contributed by atoms with Gasteiger partial charge in [0.25, 0.3) is 0 Å². The SMILES string of the molecule is COc1ccc(CN(C(=O)CCCN(c2ccc(C)c(C)c2)S(C)(=O)=O)[C@H](C)C(=O)NC(C)C)cc1. The molecule has 0 fully saturated rings. The van der Waals surface area contributed by atoms with Crippen LogP contribution in [0, 0.1) is 13.8 Å². The van der Waals surface area contributed by atoms with Crippen molar-refractivity contribution in [2.45, 2.75) is 66.1 Å². The monoisotopic (exact) mass is 517 g/mol. The molecule has 1 N–H and O–H groups in total. The maximum absolute atomic E-state index is 13.3. The first-order valence-electron chi connectivity index (χ1n) is 12.1. The van der Waals surface area contributed by atoms with Crippen molar-refractivity contribution in [1.82, 2.24) is 10.2 Å². The molecule has 0 aliphatic carbocycles. The molecule has 0 radical (unpaired) electrons. The normalized spacial score (nSPS) is 12.2. The maximum Gasteiger partial charge on any atom is 0.242 e. The average molecular weight is 518 g/mol. The van der Waals surface area contributed by atoms with Gasteiger partial charge in [0.2, 0.25) is 21.8 Å². The van der Waals surface area contributed by atoms with E-state index in [-0.39, 0.29) is 37.4 Å². The van der Waals surface area contributed by atoms with Gasteiger partial charge in [-0.1, -0.05) is 18.2 Å². The number of aryl methyl sites for hydroxylation is 2. The Balaban J connectivity index is 2.18. The first kappa shape index (κ1) is 29.2. The number of hydrogen-bond acceptors (Lipinski definition) is 5. The first-order valence-corrected chi connectivity index (χ1v) is 14.0. The van der Waals surface area contributed by atoms with Crippen molar-refractivity contribution in [3.8, 4) is 5.75 Å². The Morgan fingerprint density at radius 1 is 1.00 bits per heavy atom. The summed E-state index contributed by atoms with van der Waals surface area (Å²) in [7, 11) is -1.95. The molecule has 198 valence electrons. The van der Waals surface area contributed by atoms with Crippen molar-refractivity contribution in [1.29, 1.82) is 0 Å². The van der Waals surface area contributed by atoms with E-state index in [0.717, 1.165) is 22.9 Å². The van der Waals surface area contributed by atoms with Gasteiger partial charge in [0.05, 0.1) is 19.1 Å². The van der Waals surface area contributed by atoms with E-state index in [1.165, 1.54) is 4.31 Å². The number of hydrogen-bond donors (Lipinski definition) is 1. The number of rotatable bonds is 12. The van der Waals surface area contributed by atoms with Crippen LogP contribution in [0.3, 0.4) is 0 Å². The lowest BCUT2D eigenvalue weighted by molar-refractivity contribution is -0.140. The molecule has 36 heavy (non-hydrogen) atoms. The third-order valence-corrected chi connectivity index (χ3v) is 7.23. The number of carbonyl (C=O) groups is 2. The summed E-state index contributed by atoms with van der Waals surface area (Å²) in [5.74, 6) is 0.250. The second-order valence-corrected chi connectivity index (χ2v) is 11.3. The summed E-state index contributed by atoms with van der Waals surface area (Å²) >= 11 is 0. The number of sulfonamides is 1. The molecule has 1 atom stereocenters. The molecule has 2 amide bonds. The second kappa shape index (κ2) is 12.8. The lowest BCUT2D eigenvalue weighted by atomic mass is 10.1. The van der Waals surface area contributed by atoms with Crippen LogP contribution >= 0.6 is 0 Å². The van der Waals surface area contributed by atoms with E-state index in [4.69, 9.17) is 4.74 Å².